The number of thiophene rings is 1. The molecule has 0 aliphatic carbocycles. The van der Waals surface area contributed by atoms with Crippen LogP contribution in [0.2, 0.25) is 19.6 Å². The Morgan fingerprint density at radius 3 is 2.10 bits per heavy atom. The average Bonchev–Trinajstić information content (AvgIpc) is 3.46. The second kappa shape index (κ2) is 15.5. The van der Waals surface area contributed by atoms with Crippen LogP contribution in [0.25, 0.3) is 53.8 Å². The fourth-order valence-electron chi connectivity index (χ4n) is 6.37. The molecular weight excluding hydrogens is 833 g/mol. The maximum absolute atomic E-state index is 4.71. The van der Waals surface area contributed by atoms with Crippen LogP contribution >= 0.6 is 11.3 Å². The molecular formula is C46H48IrN2SSi-2. The number of aromatic nitrogens is 2. The molecule has 1 radical (unpaired) electrons. The van der Waals surface area contributed by atoms with Gasteiger partial charge in [-0.2, -0.15) is 11.3 Å². The van der Waals surface area contributed by atoms with Gasteiger partial charge in [-0.15, -0.1) is 59.7 Å². The van der Waals surface area contributed by atoms with Gasteiger partial charge in [-0.05, 0) is 72.7 Å². The monoisotopic (exact) mass is 881 g/mol. The third-order valence-electron chi connectivity index (χ3n) is 8.93. The Balaban J connectivity index is 0.000000205. The first-order valence-electron chi connectivity index (χ1n) is 17.5. The number of rotatable bonds is 5. The summed E-state index contributed by atoms with van der Waals surface area (Å²) in [5, 5.41) is 4.06. The second-order valence-electron chi connectivity index (χ2n) is 16.4. The minimum Gasteiger partial charge on any atom is -0.305 e. The Morgan fingerprint density at radius 1 is 0.686 bits per heavy atom. The Bertz CT molecular complexity index is 2240. The topological polar surface area (TPSA) is 25.8 Å². The summed E-state index contributed by atoms with van der Waals surface area (Å²) < 4.78 is 2.56. The van der Waals surface area contributed by atoms with E-state index >= 15 is 0 Å². The Hall–Kier alpha value is -3.73. The number of pyridine rings is 2. The normalized spacial score (nSPS) is 11.9. The largest absolute Gasteiger partial charge is 0.305 e. The van der Waals surface area contributed by atoms with Crippen LogP contribution in [-0.4, -0.2) is 18.0 Å². The van der Waals surface area contributed by atoms with Gasteiger partial charge in [-0.3, -0.25) is 0 Å². The third-order valence-corrected chi connectivity index (χ3v) is 12.2. The number of hydrogen-bond acceptors (Lipinski definition) is 3. The van der Waals surface area contributed by atoms with Crippen molar-refractivity contribution in [1.29, 1.82) is 0 Å². The van der Waals surface area contributed by atoms with Gasteiger partial charge < -0.3 is 9.97 Å². The molecule has 0 unspecified atom stereocenters. The zero-order valence-electron chi connectivity index (χ0n) is 31.3. The van der Waals surface area contributed by atoms with E-state index in [0.717, 1.165) is 28.9 Å². The van der Waals surface area contributed by atoms with Crippen molar-refractivity contribution in [1.82, 2.24) is 9.97 Å². The molecule has 263 valence electrons. The zero-order valence-corrected chi connectivity index (χ0v) is 35.5. The Labute approximate surface area is 323 Å². The molecule has 0 N–H and O–H groups in total. The molecule has 0 atom stereocenters. The van der Waals surface area contributed by atoms with E-state index in [1.54, 1.807) is 0 Å². The van der Waals surface area contributed by atoms with Crippen molar-refractivity contribution in [2.75, 3.05) is 0 Å². The van der Waals surface area contributed by atoms with Crippen molar-refractivity contribution in [3.8, 4) is 33.6 Å². The molecule has 51 heavy (non-hydrogen) atoms. The molecule has 0 fully saturated rings. The number of benzene rings is 4. The third kappa shape index (κ3) is 9.20. The molecule has 0 saturated carbocycles. The SMILES string of the molecule is CC(C)(C)Cc1cc(-c2[c-]cccc2)ncc1[Si](C)(C)C.CC(C)(C)c1ccnc(-c2[c-]ccc3c2sc2cc(-c4ccccc4)ccc23)c1.[Ir]. The predicted octanol–water partition coefficient (Wildman–Crippen LogP) is 12.6. The first-order chi connectivity index (χ1) is 23.7. The molecule has 5 heteroatoms. The summed E-state index contributed by atoms with van der Waals surface area (Å²) in [5.74, 6) is 0. The smallest absolute Gasteiger partial charge is 0.0798 e. The van der Waals surface area contributed by atoms with Gasteiger partial charge in [0.15, 0.2) is 0 Å². The van der Waals surface area contributed by atoms with Crippen LogP contribution in [-0.2, 0) is 31.9 Å². The van der Waals surface area contributed by atoms with E-state index in [2.05, 4.69) is 163 Å². The summed E-state index contributed by atoms with van der Waals surface area (Å²) >= 11 is 1.83. The van der Waals surface area contributed by atoms with Crippen LogP contribution in [0.1, 0.15) is 52.7 Å². The molecule has 0 aliphatic heterocycles. The van der Waals surface area contributed by atoms with Crippen molar-refractivity contribution in [3.63, 3.8) is 0 Å². The van der Waals surface area contributed by atoms with E-state index in [1.165, 1.54) is 47.6 Å². The van der Waals surface area contributed by atoms with Crippen LogP contribution < -0.4 is 5.19 Å². The molecule has 3 aromatic heterocycles. The van der Waals surface area contributed by atoms with E-state index in [-0.39, 0.29) is 30.9 Å². The first kappa shape index (κ1) is 38.5. The average molecular weight is 881 g/mol. The molecule has 2 nitrogen and oxygen atoms in total. The maximum Gasteiger partial charge on any atom is 0.0798 e. The van der Waals surface area contributed by atoms with Crippen molar-refractivity contribution < 1.29 is 20.1 Å². The maximum atomic E-state index is 4.71. The second-order valence-corrected chi connectivity index (χ2v) is 22.5. The molecule has 0 spiro atoms. The summed E-state index contributed by atoms with van der Waals surface area (Å²) in [5.41, 5.74) is 9.84. The Morgan fingerprint density at radius 2 is 1.43 bits per heavy atom. The molecule has 0 amide bonds. The standard InChI is InChI=1S/C27H22NS.C19H26NSi.Ir/c1-27(2,3)20-14-15-28-24(17-20)23-11-7-10-22-21-13-12-19(16-25(21)29-26(22)23)18-8-5-4-6-9-18;1-19(2,3)13-16-12-17(15-10-8-7-9-11-15)20-14-18(16)21(4,5)6;/h4-10,12-17H,1-3H3;7-10,12,14H,13H2,1-6H3;/q2*-1;. The fourth-order valence-corrected chi connectivity index (χ4v) is 9.19. The van der Waals surface area contributed by atoms with E-state index in [9.17, 15) is 0 Å². The molecule has 4 aromatic carbocycles. The van der Waals surface area contributed by atoms with Crippen LogP contribution in [0, 0.1) is 17.5 Å². The van der Waals surface area contributed by atoms with Crippen LogP contribution in [0.4, 0.5) is 0 Å². The van der Waals surface area contributed by atoms with Gasteiger partial charge in [0, 0.05) is 37.2 Å². The van der Waals surface area contributed by atoms with Crippen LogP contribution in [0.3, 0.4) is 0 Å². The number of hydrogen-bond donors (Lipinski definition) is 0. The minimum absolute atomic E-state index is 0. The van der Waals surface area contributed by atoms with Gasteiger partial charge in [0.2, 0.25) is 0 Å². The fraction of sp³-hybridized carbons (Fsp3) is 0.261. The summed E-state index contributed by atoms with van der Waals surface area (Å²) in [7, 11) is -1.37. The summed E-state index contributed by atoms with van der Waals surface area (Å²) in [6.45, 7) is 20.8. The summed E-state index contributed by atoms with van der Waals surface area (Å²) in [6.07, 6.45) is 5.13. The van der Waals surface area contributed by atoms with E-state index in [4.69, 9.17) is 4.98 Å². The molecule has 0 bridgehead atoms. The molecule has 0 saturated heterocycles. The van der Waals surface area contributed by atoms with Gasteiger partial charge in [-0.25, -0.2) is 0 Å². The van der Waals surface area contributed by atoms with Crippen LogP contribution in [0.5, 0.6) is 0 Å². The quantitative estimate of drug-likeness (QED) is 0.127. The van der Waals surface area contributed by atoms with Gasteiger partial charge in [0.25, 0.3) is 0 Å². The molecule has 7 aromatic rings. The van der Waals surface area contributed by atoms with Crippen molar-refractivity contribution in [3.05, 3.63) is 139 Å². The first-order valence-corrected chi connectivity index (χ1v) is 21.8. The van der Waals surface area contributed by atoms with Crippen LogP contribution in [0.15, 0.2) is 116 Å². The summed E-state index contributed by atoms with van der Waals surface area (Å²) in [6, 6.07) is 43.0. The van der Waals surface area contributed by atoms with Gasteiger partial charge in [0.05, 0.1) is 8.07 Å². The van der Waals surface area contributed by atoms with Crippen molar-refractivity contribution in [2.45, 2.75) is 73.0 Å². The molecule has 3 heterocycles. The van der Waals surface area contributed by atoms with Crippen molar-refractivity contribution >= 4 is 44.8 Å². The van der Waals surface area contributed by atoms with E-state index in [0.29, 0.717) is 0 Å². The summed E-state index contributed by atoms with van der Waals surface area (Å²) in [4.78, 5) is 9.39. The molecule has 0 aliphatic rings. The number of nitrogens with zero attached hydrogens (tertiary/aromatic N) is 2. The number of fused-ring (bicyclic) bond motifs is 3. The zero-order chi connectivity index (χ0) is 35.7. The van der Waals surface area contributed by atoms with Crippen molar-refractivity contribution in [2.24, 2.45) is 5.41 Å². The van der Waals surface area contributed by atoms with E-state index in [1.807, 2.05) is 41.8 Å². The Kier molecular flexibility index (Phi) is 11.7. The van der Waals surface area contributed by atoms with E-state index < -0.39 is 8.07 Å². The predicted molar refractivity (Wildman–Crippen MR) is 220 cm³/mol. The van der Waals surface area contributed by atoms with Gasteiger partial charge in [-0.1, -0.05) is 127 Å². The van der Waals surface area contributed by atoms with Gasteiger partial charge in [0.1, 0.15) is 0 Å². The minimum atomic E-state index is -1.37. The molecule has 7 rings (SSSR count). The van der Waals surface area contributed by atoms with Gasteiger partial charge >= 0.3 is 0 Å².